The van der Waals surface area contributed by atoms with Crippen molar-refractivity contribution in [2.24, 2.45) is 0 Å². The Morgan fingerprint density at radius 1 is 1.25 bits per heavy atom. The number of aromatic nitrogens is 3. The molecule has 2 heterocycles. The van der Waals surface area contributed by atoms with Crippen molar-refractivity contribution in [3.63, 3.8) is 0 Å². The average molecular weight is 348 g/mol. The van der Waals surface area contributed by atoms with Crippen LogP contribution in [-0.2, 0) is 17.9 Å². The number of nitrogens with zero attached hydrogens (tertiary/aromatic N) is 3. The van der Waals surface area contributed by atoms with Gasteiger partial charge in [-0.2, -0.15) is 4.37 Å². The minimum absolute atomic E-state index is 0.163. The molecule has 0 radical (unpaired) electrons. The second kappa shape index (κ2) is 6.36. The van der Waals surface area contributed by atoms with E-state index in [2.05, 4.69) is 9.69 Å². The lowest BCUT2D eigenvalue weighted by atomic mass is 10.3. The van der Waals surface area contributed by atoms with Crippen molar-refractivity contribution in [2.45, 2.75) is 20.0 Å². The van der Waals surface area contributed by atoms with Crippen molar-refractivity contribution in [1.29, 1.82) is 0 Å². The first-order chi connectivity index (χ1) is 11.5. The Morgan fingerprint density at radius 2 is 1.96 bits per heavy atom. The molecule has 0 fully saturated rings. The summed E-state index contributed by atoms with van der Waals surface area (Å²) in [5, 5.41) is 4.14. The summed E-state index contributed by atoms with van der Waals surface area (Å²) in [5.74, 6) is -0.872. The molecule has 124 valence electrons. The van der Waals surface area contributed by atoms with Gasteiger partial charge < -0.3 is 5.32 Å². The molecule has 1 aromatic carbocycles. The third kappa shape index (κ3) is 2.85. The maximum atomic E-state index is 12.9. The van der Waals surface area contributed by atoms with Gasteiger partial charge in [0.05, 0.1) is 5.52 Å². The molecule has 0 spiro atoms. The molecule has 1 N–H and O–H groups in total. The van der Waals surface area contributed by atoms with Crippen molar-refractivity contribution in [3.8, 4) is 0 Å². The number of amides is 1. The van der Waals surface area contributed by atoms with Gasteiger partial charge in [-0.05, 0) is 42.7 Å². The zero-order valence-corrected chi connectivity index (χ0v) is 13.5. The van der Waals surface area contributed by atoms with E-state index in [4.69, 9.17) is 0 Å². The first-order valence-corrected chi connectivity index (χ1v) is 7.98. The number of benzene rings is 1. The second-order valence-corrected chi connectivity index (χ2v) is 5.65. The molecule has 0 aliphatic rings. The number of nitrogens with one attached hydrogen (secondary N) is 1. The summed E-state index contributed by atoms with van der Waals surface area (Å²) in [4.78, 5) is 36.8. The third-order valence-corrected chi connectivity index (χ3v) is 4.11. The average Bonchev–Trinajstić information content (AvgIpc) is 3.04. The number of hydrogen-bond acceptors (Lipinski definition) is 5. The number of fused-ring (bicyclic) bond motifs is 1. The third-order valence-electron chi connectivity index (χ3n) is 3.50. The quantitative estimate of drug-likeness (QED) is 0.773. The van der Waals surface area contributed by atoms with E-state index in [1.807, 2.05) is 0 Å². The van der Waals surface area contributed by atoms with E-state index >= 15 is 0 Å². The molecule has 0 aliphatic heterocycles. The molecule has 3 aromatic rings. The van der Waals surface area contributed by atoms with E-state index in [-0.39, 0.29) is 18.6 Å². The van der Waals surface area contributed by atoms with E-state index in [0.717, 1.165) is 16.1 Å². The van der Waals surface area contributed by atoms with Crippen LogP contribution in [0.4, 0.5) is 10.1 Å². The summed E-state index contributed by atoms with van der Waals surface area (Å²) in [6, 6.07) is 5.29. The number of hydrogen-bond donors (Lipinski definition) is 1. The molecule has 0 saturated heterocycles. The molecule has 2 aromatic heterocycles. The van der Waals surface area contributed by atoms with E-state index in [9.17, 15) is 18.8 Å². The van der Waals surface area contributed by atoms with E-state index in [1.165, 1.54) is 28.8 Å². The highest BCUT2D eigenvalue weighted by atomic mass is 32.1. The monoisotopic (exact) mass is 348 g/mol. The SMILES string of the molecule is CCn1c(=O)c2nscc2n(CC(=O)Nc2ccc(F)cc2)c1=O. The Balaban J connectivity index is 1.96. The number of halogens is 1. The molecular weight excluding hydrogens is 335 g/mol. The molecule has 0 unspecified atom stereocenters. The Kier molecular flexibility index (Phi) is 4.26. The second-order valence-electron chi connectivity index (χ2n) is 5.02. The molecule has 0 bridgehead atoms. The Labute approximate surface area is 139 Å². The van der Waals surface area contributed by atoms with Crippen LogP contribution < -0.4 is 16.6 Å². The number of anilines is 1. The predicted octanol–water partition coefficient (Wildman–Crippen LogP) is 1.42. The topological polar surface area (TPSA) is 86.0 Å². The van der Waals surface area contributed by atoms with Gasteiger partial charge in [-0.1, -0.05) is 0 Å². The van der Waals surface area contributed by atoms with E-state index in [1.54, 1.807) is 12.3 Å². The fourth-order valence-electron chi connectivity index (χ4n) is 2.34. The summed E-state index contributed by atoms with van der Waals surface area (Å²) >= 11 is 1.05. The van der Waals surface area contributed by atoms with Gasteiger partial charge in [0, 0.05) is 17.6 Å². The van der Waals surface area contributed by atoms with Crippen molar-refractivity contribution < 1.29 is 9.18 Å². The molecule has 1 amide bonds. The number of carbonyl (C=O) groups excluding carboxylic acids is 1. The van der Waals surface area contributed by atoms with Crippen LogP contribution in [0.1, 0.15) is 6.92 Å². The van der Waals surface area contributed by atoms with Crippen molar-refractivity contribution in [2.75, 3.05) is 5.32 Å². The van der Waals surface area contributed by atoms with Gasteiger partial charge in [-0.25, -0.2) is 9.18 Å². The van der Waals surface area contributed by atoms with E-state index in [0.29, 0.717) is 11.2 Å². The first-order valence-electron chi connectivity index (χ1n) is 7.14. The lowest BCUT2D eigenvalue weighted by Gasteiger charge is -2.11. The lowest BCUT2D eigenvalue weighted by Crippen LogP contribution is -2.41. The van der Waals surface area contributed by atoms with Gasteiger partial charge in [-0.3, -0.25) is 18.7 Å². The lowest BCUT2D eigenvalue weighted by molar-refractivity contribution is -0.116. The van der Waals surface area contributed by atoms with Crippen LogP contribution in [0.5, 0.6) is 0 Å². The molecule has 0 aliphatic carbocycles. The van der Waals surface area contributed by atoms with Gasteiger partial charge in [0.15, 0.2) is 5.52 Å². The molecule has 0 atom stereocenters. The molecular formula is C15H13FN4O3S. The zero-order valence-electron chi connectivity index (χ0n) is 12.7. The van der Waals surface area contributed by atoms with Crippen LogP contribution in [0, 0.1) is 5.82 Å². The molecule has 9 heteroatoms. The van der Waals surface area contributed by atoms with Crippen LogP contribution in [0.3, 0.4) is 0 Å². The Bertz CT molecular complexity index is 1020. The van der Waals surface area contributed by atoms with Crippen LogP contribution in [0.25, 0.3) is 11.0 Å². The Hall–Kier alpha value is -2.81. The van der Waals surface area contributed by atoms with Crippen molar-refractivity contribution in [3.05, 3.63) is 56.3 Å². The maximum Gasteiger partial charge on any atom is 0.332 e. The van der Waals surface area contributed by atoms with Gasteiger partial charge in [0.25, 0.3) is 5.56 Å². The molecule has 0 saturated carbocycles. The summed E-state index contributed by atoms with van der Waals surface area (Å²) < 4.78 is 19.1. The molecule has 24 heavy (non-hydrogen) atoms. The highest BCUT2D eigenvalue weighted by molar-refractivity contribution is 7.04. The maximum absolute atomic E-state index is 12.9. The van der Waals surface area contributed by atoms with Crippen LogP contribution in [0.15, 0.2) is 39.2 Å². The highest BCUT2D eigenvalue weighted by Crippen LogP contribution is 2.11. The van der Waals surface area contributed by atoms with Crippen LogP contribution in [-0.4, -0.2) is 19.4 Å². The van der Waals surface area contributed by atoms with Gasteiger partial charge in [0.2, 0.25) is 5.91 Å². The summed E-state index contributed by atoms with van der Waals surface area (Å²) in [6.45, 7) is 1.58. The smallest absolute Gasteiger partial charge is 0.325 e. The predicted molar refractivity (Wildman–Crippen MR) is 88.8 cm³/mol. The molecule has 3 rings (SSSR count). The highest BCUT2D eigenvalue weighted by Gasteiger charge is 2.16. The van der Waals surface area contributed by atoms with Gasteiger partial charge >= 0.3 is 5.69 Å². The Morgan fingerprint density at radius 3 is 2.62 bits per heavy atom. The first kappa shape index (κ1) is 16.1. The van der Waals surface area contributed by atoms with Crippen LogP contribution >= 0.6 is 11.5 Å². The van der Waals surface area contributed by atoms with E-state index < -0.39 is 23.0 Å². The minimum atomic E-state index is -0.565. The summed E-state index contributed by atoms with van der Waals surface area (Å²) in [5.41, 5.74) is -0.124. The summed E-state index contributed by atoms with van der Waals surface area (Å²) in [6.07, 6.45) is 0. The minimum Gasteiger partial charge on any atom is -0.325 e. The number of carbonyl (C=O) groups is 1. The summed E-state index contributed by atoms with van der Waals surface area (Å²) in [7, 11) is 0. The van der Waals surface area contributed by atoms with Crippen LogP contribution in [0.2, 0.25) is 0 Å². The van der Waals surface area contributed by atoms with Crippen molar-refractivity contribution >= 4 is 34.2 Å². The fraction of sp³-hybridized carbons (Fsp3) is 0.200. The van der Waals surface area contributed by atoms with Gasteiger partial charge in [0.1, 0.15) is 12.4 Å². The number of rotatable bonds is 4. The molecule has 7 nitrogen and oxygen atoms in total. The fourth-order valence-corrected chi connectivity index (χ4v) is 3.01. The normalized spacial score (nSPS) is 10.9. The van der Waals surface area contributed by atoms with Crippen molar-refractivity contribution in [1.82, 2.24) is 13.5 Å². The van der Waals surface area contributed by atoms with Gasteiger partial charge in [-0.15, -0.1) is 0 Å². The largest absolute Gasteiger partial charge is 0.332 e. The standard InChI is InChI=1S/C15H13FN4O3S/c1-2-19-14(22)13-11(8-24-18-13)20(15(19)23)7-12(21)17-10-5-3-9(16)4-6-10/h3-6,8H,2,7H2,1H3,(H,17,21). The zero-order chi connectivity index (χ0) is 17.3.